The molecule has 1 saturated heterocycles. The first-order chi connectivity index (χ1) is 12.0. The van der Waals surface area contributed by atoms with Gasteiger partial charge < -0.3 is 10.2 Å². The van der Waals surface area contributed by atoms with Crippen molar-refractivity contribution in [3.05, 3.63) is 53.6 Å². The molecule has 3 rings (SSSR count). The molecule has 2 amide bonds. The van der Waals surface area contributed by atoms with Crippen LogP contribution < -0.4 is 5.32 Å². The van der Waals surface area contributed by atoms with Gasteiger partial charge in [0, 0.05) is 27.8 Å². The highest BCUT2D eigenvalue weighted by Crippen LogP contribution is 2.31. The molecule has 1 heterocycles. The van der Waals surface area contributed by atoms with Crippen molar-refractivity contribution in [3.8, 4) is 0 Å². The van der Waals surface area contributed by atoms with Crippen molar-refractivity contribution < 1.29 is 9.59 Å². The molecule has 4 nitrogen and oxygen atoms in total. The minimum absolute atomic E-state index is 0.0182. The van der Waals surface area contributed by atoms with Crippen molar-refractivity contribution in [2.75, 3.05) is 24.2 Å². The molecular weight excluding hydrogens is 352 g/mol. The van der Waals surface area contributed by atoms with Gasteiger partial charge in [-0.3, -0.25) is 9.59 Å². The molecule has 1 aliphatic rings. The SMILES string of the molecule is Cc1ccc(Sc2ccc(NC(=O)CN3CCSC3=O)cc2)c(C)c1. The number of thioether (sulfide) groups is 1. The second-order valence-electron chi connectivity index (χ2n) is 5.98. The lowest BCUT2D eigenvalue weighted by atomic mass is 10.2. The van der Waals surface area contributed by atoms with Crippen LogP contribution in [0.25, 0.3) is 0 Å². The number of carbonyl (C=O) groups is 2. The minimum Gasteiger partial charge on any atom is -0.325 e. The third-order valence-electron chi connectivity index (χ3n) is 3.88. The maximum Gasteiger partial charge on any atom is 0.282 e. The van der Waals surface area contributed by atoms with Crippen LogP contribution in [0.1, 0.15) is 11.1 Å². The summed E-state index contributed by atoms with van der Waals surface area (Å²) in [6.07, 6.45) is 0. The molecule has 1 fully saturated rings. The molecule has 130 valence electrons. The van der Waals surface area contributed by atoms with E-state index in [1.807, 2.05) is 24.3 Å². The molecule has 1 aliphatic heterocycles. The van der Waals surface area contributed by atoms with Crippen LogP contribution in [0.3, 0.4) is 0 Å². The number of rotatable bonds is 5. The normalized spacial score (nSPS) is 14.0. The van der Waals surface area contributed by atoms with E-state index in [-0.39, 0.29) is 17.7 Å². The molecule has 0 saturated carbocycles. The summed E-state index contributed by atoms with van der Waals surface area (Å²) in [4.78, 5) is 27.5. The van der Waals surface area contributed by atoms with Crippen molar-refractivity contribution in [3.63, 3.8) is 0 Å². The quantitative estimate of drug-likeness (QED) is 0.836. The molecule has 6 heteroatoms. The number of nitrogens with one attached hydrogen (secondary N) is 1. The van der Waals surface area contributed by atoms with E-state index in [1.54, 1.807) is 16.7 Å². The molecule has 25 heavy (non-hydrogen) atoms. The summed E-state index contributed by atoms with van der Waals surface area (Å²) in [6, 6.07) is 14.2. The van der Waals surface area contributed by atoms with Crippen molar-refractivity contribution in [2.24, 2.45) is 0 Å². The Kier molecular flexibility index (Phi) is 5.71. The number of amides is 2. The zero-order chi connectivity index (χ0) is 17.8. The number of hydrogen-bond donors (Lipinski definition) is 1. The lowest BCUT2D eigenvalue weighted by Crippen LogP contribution is -2.33. The maximum atomic E-state index is 12.0. The van der Waals surface area contributed by atoms with Gasteiger partial charge in [-0.2, -0.15) is 0 Å². The first kappa shape index (κ1) is 17.9. The maximum absolute atomic E-state index is 12.0. The molecule has 2 aromatic carbocycles. The fourth-order valence-corrected chi connectivity index (χ4v) is 4.30. The summed E-state index contributed by atoms with van der Waals surface area (Å²) < 4.78 is 0. The standard InChI is InChI=1S/C19H20N2O2S2/c1-13-3-8-17(14(2)11-13)25-16-6-4-15(5-7-16)20-18(22)12-21-9-10-24-19(21)23/h3-8,11H,9-10,12H2,1-2H3,(H,20,22). The third kappa shape index (κ3) is 4.80. The highest BCUT2D eigenvalue weighted by atomic mass is 32.2. The number of carbonyl (C=O) groups excluding carboxylic acids is 2. The van der Waals surface area contributed by atoms with E-state index in [9.17, 15) is 9.59 Å². The number of benzene rings is 2. The monoisotopic (exact) mass is 372 g/mol. The molecule has 0 unspecified atom stereocenters. The molecule has 0 radical (unpaired) electrons. The van der Waals surface area contributed by atoms with Crippen molar-refractivity contribution in [2.45, 2.75) is 23.6 Å². The van der Waals surface area contributed by atoms with Gasteiger partial charge in [-0.15, -0.1) is 0 Å². The molecular formula is C19H20N2O2S2. The second-order valence-corrected chi connectivity index (χ2v) is 8.14. The van der Waals surface area contributed by atoms with Gasteiger partial charge in [0.1, 0.15) is 6.54 Å². The third-order valence-corrected chi connectivity index (χ3v) is 5.95. The van der Waals surface area contributed by atoms with Crippen LogP contribution in [-0.4, -0.2) is 34.9 Å². The van der Waals surface area contributed by atoms with Crippen LogP contribution >= 0.6 is 23.5 Å². The van der Waals surface area contributed by atoms with Gasteiger partial charge in [0.15, 0.2) is 0 Å². The fraction of sp³-hybridized carbons (Fsp3) is 0.263. The first-order valence-electron chi connectivity index (χ1n) is 8.08. The molecule has 0 aromatic heterocycles. The van der Waals surface area contributed by atoms with Gasteiger partial charge >= 0.3 is 0 Å². The van der Waals surface area contributed by atoms with Gasteiger partial charge in [-0.25, -0.2) is 0 Å². The summed E-state index contributed by atoms with van der Waals surface area (Å²) in [7, 11) is 0. The van der Waals surface area contributed by atoms with Crippen LogP contribution in [0, 0.1) is 13.8 Å². The van der Waals surface area contributed by atoms with Gasteiger partial charge in [0.25, 0.3) is 5.24 Å². The predicted molar refractivity (Wildman–Crippen MR) is 105 cm³/mol. The van der Waals surface area contributed by atoms with E-state index >= 15 is 0 Å². The molecule has 0 spiro atoms. The summed E-state index contributed by atoms with van der Waals surface area (Å²) in [5, 5.41) is 2.83. The van der Waals surface area contributed by atoms with Crippen LogP contribution in [0.5, 0.6) is 0 Å². The highest BCUT2D eigenvalue weighted by Gasteiger charge is 2.23. The van der Waals surface area contributed by atoms with Gasteiger partial charge in [-0.1, -0.05) is 41.2 Å². The Hall–Kier alpha value is -1.92. The summed E-state index contributed by atoms with van der Waals surface area (Å²) in [5.74, 6) is 0.599. The van der Waals surface area contributed by atoms with E-state index < -0.39 is 0 Å². The predicted octanol–water partition coefficient (Wildman–Crippen LogP) is 4.56. The summed E-state index contributed by atoms with van der Waals surface area (Å²) in [5.41, 5.74) is 3.26. The number of aryl methyl sites for hydroxylation is 2. The van der Waals surface area contributed by atoms with Crippen LogP contribution in [0.2, 0.25) is 0 Å². The summed E-state index contributed by atoms with van der Waals surface area (Å²) in [6.45, 7) is 4.96. The van der Waals surface area contributed by atoms with E-state index in [2.05, 4.69) is 37.4 Å². The summed E-state index contributed by atoms with van der Waals surface area (Å²) >= 11 is 2.97. The molecule has 2 aromatic rings. The smallest absolute Gasteiger partial charge is 0.282 e. The van der Waals surface area contributed by atoms with Crippen LogP contribution in [0.15, 0.2) is 52.3 Å². The largest absolute Gasteiger partial charge is 0.325 e. The Morgan fingerprint density at radius 2 is 1.96 bits per heavy atom. The number of anilines is 1. The topological polar surface area (TPSA) is 49.4 Å². The molecule has 0 aliphatic carbocycles. The Balaban J connectivity index is 1.58. The van der Waals surface area contributed by atoms with Gasteiger partial charge in [-0.05, 0) is 49.7 Å². The van der Waals surface area contributed by atoms with E-state index in [4.69, 9.17) is 0 Å². The van der Waals surface area contributed by atoms with E-state index in [1.165, 1.54) is 27.8 Å². The van der Waals surface area contributed by atoms with E-state index in [0.29, 0.717) is 6.54 Å². The Morgan fingerprint density at radius 1 is 1.20 bits per heavy atom. The zero-order valence-corrected chi connectivity index (χ0v) is 15.9. The Bertz CT molecular complexity index is 791. The van der Waals surface area contributed by atoms with Crippen LogP contribution in [-0.2, 0) is 4.79 Å². The minimum atomic E-state index is -0.161. The molecule has 1 N–H and O–H groups in total. The number of hydrogen-bond acceptors (Lipinski definition) is 4. The number of nitrogens with zero attached hydrogens (tertiary/aromatic N) is 1. The second kappa shape index (κ2) is 7.97. The Labute approximate surface area is 156 Å². The van der Waals surface area contributed by atoms with Crippen LogP contribution in [0.4, 0.5) is 10.5 Å². The van der Waals surface area contributed by atoms with E-state index in [0.717, 1.165) is 16.3 Å². The lowest BCUT2D eigenvalue weighted by Gasteiger charge is -2.14. The van der Waals surface area contributed by atoms with Gasteiger partial charge in [0.05, 0.1) is 0 Å². The molecule has 0 bridgehead atoms. The average molecular weight is 373 g/mol. The molecule has 0 atom stereocenters. The van der Waals surface area contributed by atoms with Crippen molar-refractivity contribution in [1.82, 2.24) is 4.90 Å². The highest BCUT2D eigenvalue weighted by molar-refractivity contribution is 8.13. The average Bonchev–Trinajstić information content (AvgIpc) is 2.97. The first-order valence-corrected chi connectivity index (χ1v) is 9.88. The lowest BCUT2D eigenvalue weighted by molar-refractivity contribution is -0.116. The van der Waals surface area contributed by atoms with Gasteiger partial charge in [0.2, 0.25) is 5.91 Å². The zero-order valence-electron chi connectivity index (χ0n) is 14.2. The van der Waals surface area contributed by atoms with Crippen molar-refractivity contribution in [1.29, 1.82) is 0 Å². The van der Waals surface area contributed by atoms with Crippen molar-refractivity contribution >= 4 is 40.4 Å². The Morgan fingerprint density at radius 3 is 2.60 bits per heavy atom. The fourth-order valence-electron chi connectivity index (χ4n) is 2.59.